The van der Waals surface area contributed by atoms with Crippen molar-refractivity contribution in [2.45, 2.75) is 18.9 Å². The summed E-state index contributed by atoms with van der Waals surface area (Å²) in [6.45, 7) is 0. The van der Waals surface area contributed by atoms with E-state index in [1.165, 1.54) is 6.26 Å². The summed E-state index contributed by atoms with van der Waals surface area (Å²) in [6, 6.07) is 3.29. The summed E-state index contributed by atoms with van der Waals surface area (Å²) < 4.78 is 14.5. The number of aliphatic hydroxyl groups excluding tert-OH is 1. The van der Waals surface area contributed by atoms with E-state index >= 15 is 0 Å². The fraction of sp³-hybridized carbons (Fsp3) is 0.333. The first-order valence-corrected chi connectivity index (χ1v) is 6.82. The molecule has 1 atom stereocenters. The Morgan fingerprint density at radius 3 is 2.42 bits per heavy atom. The molecular formula is C18H16O6. The lowest BCUT2D eigenvalue weighted by Crippen LogP contribution is -2.41. The molecule has 1 rings (SSSR count). The minimum absolute atomic E-state index is 0.201. The van der Waals surface area contributed by atoms with Crippen LogP contribution in [0.5, 0.6) is 0 Å². The number of esters is 2. The second kappa shape index (κ2) is 9.10. The minimum Gasteiger partial charge on any atom is -0.468 e. The van der Waals surface area contributed by atoms with Crippen LogP contribution in [0.2, 0.25) is 0 Å². The van der Waals surface area contributed by atoms with E-state index in [1.807, 2.05) is 5.92 Å². The fourth-order valence-corrected chi connectivity index (χ4v) is 1.80. The summed E-state index contributed by atoms with van der Waals surface area (Å²) in [5.41, 5.74) is -1.75. The number of carbonyl (C=O) groups is 2. The normalized spacial score (nSPS) is 10.9. The molecule has 0 spiro atoms. The van der Waals surface area contributed by atoms with E-state index in [1.54, 1.807) is 12.1 Å². The van der Waals surface area contributed by atoms with Gasteiger partial charge in [0.2, 0.25) is 0 Å². The van der Waals surface area contributed by atoms with E-state index < -0.39 is 23.5 Å². The van der Waals surface area contributed by atoms with Gasteiger partial charge in [-0.25, -0.2) is 0 Å². The summed E-state index contributed by atoms with van der Waals surface area (Å²) >= 11 is 0. The summed E-state index contributed by atoms with van der Waals surface area (Å²) in [5, 5.41) is 9.26. The number of ether oxygens (including phenoxy) is 2. The number of hydrogen-bond acceptors (Lipinski definition) is 6. The van der Waals surface area contributed by atoms with Crippen LogP contribution in [0.3, 0.4) is 0 Å². The van der Waals surface area contributed by atoms with E-state index in [-0.39, 0.29) is 12.8 Å². The lowest BCUT2D eigenvalue weighted by atomic mass is 9.81. The van der Waals surface area contributed by atoms with Gasteiger partial charge in [0.25, 0.3) is 0 Å². The zero-order valence-electron chi connectivity index (χ0n) is 13.3. The number of furan rings is 1. The molecule has 0 amide bonds. The highest BCUT2D eigenvalue weighted by Crippen LogP contribution is 2.29. The molecule has 0 aliphatic rings. The standard InChI is InChI=1S/C18H16O6/c1-4-14(19)8-5-11-18(16(20)22-2,17(21)23-3)12-6-9-15-10-7-13-24-15/h1,7,10,13-14,19H,11-12H2,2-3H3. The van der Waals surface area contributed by atoms with Crippen LogP contribution in [-0.4, -0.2) is 37.4 Å². The second-order valence-electron chi connectivity index (χ2n) is 4.59. The van der Waals surface area contributed by atoms with Gasteiger partial charge in [-0.15, -0.1) is 6.42 Å². The van der Waals surface area contributed by atoms with Gasteiger partial charge in [0, 0.05) is 12.8 Å². The molecule has 124 valence electrons. The van der Waals surface area contributed by atoms with Crippen molar-refractivity contribution >= 4 is 11.9 Å². The maximum Gasteiger partial charge on any atom is 0.325 e. The maximum atomic E-state index is 12.2. The summed E-state index contributed by atoms with van der Waals surface area (Å²) in [5.74, 6) is 10.9. The zero-order valence-corrected chi connectivity index (χ0v) is 13.3. The highest BCUT2D eigenvalue weighted by Gasteiger charge is 2.47. The van der Waals surface area contributed by atoms with Gasteiger partial charge in [-0.2, -0.15) is 0 Å². The number of hydrogen-bond donors (Lipinski definition) is 1. The third kappa shape index (κ3) is 4.68. The van der Waals surface area contributed by atoms with Gasteiger partial charge in [0.15, 0.2) is 17.3 Å². The van der Waals surface area contributed by atoms with Crippen LogP contribution >= 0.6 is 0 Å². The fourth-order valence-electron chi connectivity index (χ4n) is 1.80. The van der Waals surface area contributed by atoms with E-state index in [0.717, 1.165) is 14.2 Å². The van der Waals surface area contributed by atoms with E-state index in [2.05, 4.69) is 23.7 Å². The molecule has 1 heterocycles. The van der Waals surface area contributed by atoms with Gasteiger partial charge in [-0.3, -0.25) is 9.59 Å². The lowest BCUT2D eigenvalue weighted by molar-refractivity contribution is -0.168. The van der Waals surface area contributed by atoms with Crippen molar-refractivity contribution in [1.29, 1.82) is 0 Å². The molecule has 1 aromatic rings. The number of terminal acetylenes is 1. The maximum absolute atomic E-state index is 12.2. The van der Waals surface area contributed by atoms with Crippen LogP contribution in [0.25, 0.3) is 0 Å². The van der Waals surface area contributed by atoms with E-state index in [9.17, 15) is 14.7 Å². The predicted octanol–water partition coefficient (Wildman–Crippen LogP) is 0.741. The third-order valence-corrected chi connectivity index (χ3v) is 3.06. The molecule has 0 aliphatic heterocycles. The molecular weight excluding hydrogens is 312 g/mol. The quantitative estimate of drug-likeness (QED) is 0.498. The Hall–Kier alpha value is -3.14. The first-order valence-electron chi connectivity index (χ1n) is 6.82. The van der Waals surface area contributed by atoms with Gasteiger partial charge in [0.05, 0.1) is 20.5 Å². The minimum atomic E-state index is -1.75. The largest absolute Gasteiger partial charge is 0.468 e. The van der Waals surface area contributed by atoms with Crippen molar-refractivity contribution in [3.63, 3.8) is 0 Å². The first kappa shape index (κ1) is 18.9. The molecule has 0 aromatic carbocycles. The van der Waals surface area contributed by atoms with E-state index in [4.69, 9.17) is 20.3 Å². The second-order valence-corrected chi connectivity index (χ2v) is 4.59. The Kier molecular flexibility index (Phi) is 7.17. The van der Waals surface area contributed by atoms with Crippen LogP contribution in [0.1, 0.15) is 18.6 Å². The van der Waals surface area contributed by atoms with Crippen molar-refractivity contribution in [1.82, 2.24) is 0 Å². The number of methoxy groups -OCH3 is 2. The topological polar surface area (TPSA) is 86.0 Å². The van der Waals surface area contributed by atoms with Gasteiger partial charge in [-0.05, 0) is 18.1 Å². The number of rotatable bonds is 4. The molecule has 6 nitrogen and oxygen atoms in total. The Morgan fingerprint density at radius 2 is 1.92 bits per heavy atom. The molecule has 0 bridgehead atoms. The van der Waals surface area contributed by atoms with Crippen molar-refractivity contribution in [2.75, 3.05) is 14.2 Å². The Bertz CT molecular complexity index is 714. The molecule has 0 saturated heterocycles. The highest BCUT2D eigenvalue weighted by molar-refractivity contribution is 6.00. The monoisotopic (exact) mass is 328 g/mol. The molecule has 1 unspecified atom stereocenters. The molecule has 0 fully saturated rings. The van der Waals surface area contributed by atoms with Crippen molar-refractivity contribution < 1.29 is 28.6 Å². The number of aliphatic hydroxyl groups is 1. The van der Waals surface area contributed by atoms with Gasteiger partial charge in [-0.1, -0.05) is 23.7 Å². The van der Waals surface area contributed by atoms with Crippen LogP contribution in [0.4, 0.5) is 0 Å². The Labute approximate surface area is 140 Å². The van der Waals surface area contributed by atoms with Crippen LogP contribution in [-0.2, 0) is 19.1 Å². The van der Waals surface area contributed by atoms with Gasteiger partial charge < -0.3 is 19.0 Å². The summed E-state index contributed by atoms with van der Waals surface area (Å²) in [4.78, 5) is 24.4. The van der Waals surface area contributed by atoms with E-state index in [0.29, 0.717) is 5.76 Å². The average molecular weight is 328 g/mol. The smallest absolute Gasteiger partial charge is 0.325 e. The molecule has 24 heavy (non-hydrogen) atoms. The lowest BCUT2D eigenvalue weighted by Gasteiger charge is -2.23. The zero-order chi connectivity index (χ0) is 18.0. The Balaban J connectivity index is 3.15. The van der Waals surface area contributed by atoms with Gasteiger partial charge >= 0.3 is 11.9 Å². The predicted molar refractivity (Wildman–Crippen MR) is 83.9 cm³/mol. The number of carbonyl (C=O) groups excluding carboxylic acids is 2. The molecule has 0 radical (unpaired) electrons. The molecule has 1 N–H and O–H groups in total. The molecule has 0 saturated carbocycles. The van der Waals surface area contributed by atoms with Crippen LogP contribution in [0, 0.1) is 41.4 Å². The van der Waals surface area contributed by atoms with Crippen molar-refractivity contribution in [3.05, 3.63) is 24.2 Å². The SMILES string of the molecule is C#CC(O)C#CCC(CC#Cc1ccco1)(C(=O)OC)C(=O)OC. The van der Waals surface area contributed by atoms with Crippen LogP contribution in [0.15, 0.2) is 22.8 Å². The average Bonchev–Trinajstić information content (AvgIpc) is 3.12. The summed E-state index contributed by atoms with van der Waals surface area (Å²) in [7, 11) is 2.29. The van der Waals surface area contributed by atoms with Crippen molar-refractivity contribution in [3.8, 4) is 36.0 Å². The highest BCUT2D eigenvalue weighted by atomic mass is 16.5. The third-order valence-electron chi connectivity index (χ3n) is 3.06. The molecule has 6 heteroatoms. The van der Waals surface area contributed by atoms with Crippen molar-refractivity contribution in [2.24, 2.45) is 5.41 Å². The summed E-state index contributed by atoms with van der Waals surface area (Å²) in [6.07, 6.45) is 4.69. The Morgan fingerprint density at radius 1 is 1.29 bits per heavy atom. The first-order chi connectivity index (χ1) is 11.5. The molecule has 1 aromatic heterocycles. The van der Waals surface area contributed by atoms with Crippen LogP contribution < -0.4 is 0 Å². The van der Waals surface area contributed by atoms with Gasteiger partial charge in [0.1, 0.15) is 0 Å². The molecule has 0 aliphatic carbocycles.